The Kier molecular flexibility index (Phi) is 4.54. The predicted octanol–water partition coefficient (Wildman–Crippen LogP) is 3.45. The molecule has 2 rings (SSSR count). The molecule has 1 fully saturated rings. The average molecular weight is 357 g/mol. The van der Waals surface area contributed by atoms with Gasteiger partial charge in [0.25, 0.3) is 15.0 Å². The third-order valence-corrected chi connectivity index (χ3v) is 5.39. The minimum Gasteiger partial charge on any atom is -0.349 e. The van der Waals surface area contributed by atoms with Crippen LogP contribution in [0.4, 0.5) is 0 Å². The summed E-state index contributed by atoms with van der Waals surface area (Å²) in [6, 6.07) is 2.43. The fraction of sp³-hybridized carbons (Fsp3) is 0.417. The summed E-state index contributed by atoms with van der Waals surface area (Å²) in [7, 11) is 1.24. The molecule has 20 heavy (non-hydrogen) atoms. The summed E-state index contributed by atoms with van der Waals surface area (Å²) < 4.78 is 22.8. The molecule has 4 nitrogen and oxygen atoms in total. The lowest BCUT2D eigenvalue weighted by Gasteiger charge is -2.09. The average Bonchev–Trinajstić information content (AvgIpc) is 3.05. The third-order valence-electron chi connectivity index (χ3n) is 3.29. The standard InChI is InChI=1S/C12H12Cl3NO3S/c1-2-6-3-10(6)16-12(17)7-4-11(20(15,18)19)9(14)5-8(7)13/h4-6,10H,2-3H2,1H3,(H,16,17). The number of hydrogen-bond acceptors (Lipinski definition) is 3. The van der Waals surface area contributed by atoms with Gasteiger partial charge in [-0.1, -0.05) is 36.5 Å². The number of rotatable bonds is 4. The van der Waals surface area contributed by atoms with Gasteiger partial charge >= 0.3 is 0 Å². The number of amides is 1. The molecule has 1 aromatic rings. The Hall–Kier alpha value is -0.490. The Labute approximate surface area is 131 Å². The van der Waals surface area contributed by atoms with E-state index in [1.54, 1.807) is 0 Å². The van der Waals surface area contributed by atoms with Crippen LogP contribution in [0.1, 0.15) is 30.1 Å². The quantitative estimate of drug-likeness (QED) is 0.840. The van der Waals surface area contributed by atoms with E-state index < -0.39 is 15.0 Å². The Morgan fingerprint density at radius 3 is 2.50 bits per heavy atom. The number of halogens is 3. The fourth-order valence-corrected chi connectivity index (χ4v) is 3.84. The maximum absolute atomic E-state index is 12.1. The molecule has 0 radical (unpaired) electrons. The molecule has 1 aliphatic carbocycles. The van der Waals surface area contributed by atoms with Crippen LogP contribution in [0.25, 0.3) is 0 Å². The van der Waals surface area contributed by atoms with Gasteiger partial charge in [0, 0.05) is 16.7 Å². The molecule has 110 valence electrons. The maximum Gasteiger partial charge on any atom is 0.262 e. The molecule has 2 unspecified atom stereocenters. The number of nitrogens with one attached hydrogen (secondary N) is 1. The van der Waals surface area contributed by atoms with Crippen molar-refractivity contribution in [1.29, 1.82) is 0 Å². The van der Waals surface area contributed by atoms with Gasteiger partial charge in [-0.15, -0.1) is 0 Å². The molecule has 1 aliphatic rings. The summed E-state index contributed by atoms with van der Waals surface area (Å²) in [6.45, 7) is 2.05. The van der Waals surface area contributed by atoms with Crippen molar-refractivity contribution in [1.82, 2.24) is 5.32 Å². The minimum absolute atomic E-state index is 0.0528. The summed E-state index contributed by atoms with van der Waals surface area (Å²) >= 11 is 11.7. The lowest BCUT2D eigenvalue weighted by Crippen LogP contribution is -2.27. The van der Waals surface area contributed by atoms with E-state index in [9.17, 15) is 13.2 Å². The van der Waals surface area contributed by atoms with Gasteiger partial charge in [-0.25, -0.2) is 8.42 Å². The zero-order valence-corrected chi connectivity index (χ0v) is 13.6. The van der Waals surface area contributed by atoms with Crippen LogP contribution < -0.4 is 5.32 Å². The first-order chi connectivity index (χ1) is 9.24. The predicted molar refractivity (Wildman–Crippen MR) is 79.2 cm³/mol. The van der Waals surface area contributed by atoms with Crippen LogP contribution in [-0.2, 0) is 9.05 Å². The van der Waals surface area contributed by atoms with Crippen LogP contribution in [0.3, 0.4) is 0 Å². The zero-order valence-electron chi connectivity index (χ0n) is 10.5. The molecule has 8 heteroatoms. The van der Waals surface area contributed by atoms with Crippen LogP contribution in [-0.4, -0.2) is 20.4 Å². The molecule has 1 saturated carbocycles. The van der Waals surface area contributed by atoms with E-state index >= 15 is 0 Å². The van der Waals surface area contributed by atoms with Gasteiger partial charge in [-0.3, -0.25) is 4.79 Å². The van der Waals surface area contributed by atoms with Crippen molar-refractivity contribution >= 4 is 48.8 Å². The fourth-order valence-electron chi connectivity index (χ4n) is 2.01. The van der Waals surface area contributed by atoms with E-state index in [1.807, 2.05) is 6.92 Å². The first-order valence-corrected chi connectivity index (χ1v) is 9.05. The Morgan fingerprint density at radius 2 is 2.00 bits per heavy atom. The highest BCUT2D eigenvalue weighted by Gasteiger charge is 2.37. The molecule has 0 spiro atoms. The van der Waals surface area contributed by atoms with Crippen LogP contribution in [0.15, 0.2) is 17.0 Å². The lowest BCUT2D eigenvalue weighted by molar-refractivity contribution is 0.0949. The summed E-state index contributed by atoms with van der Waals surface area (Å²) in [5, 5.41) is 2.78. The SMILES string of the molecule is CCC1CC1NC(=O)c1cc(S(=O)(=O)Cl)c(Cl)cc1Cl. The van der Waals surface area contributed by atoms with Gasteiger partial charge in [0.15, 0.2) is 0 Å². The highest BCUT2D eigenvalue weighted by atomic mass is 35.7. The molecule has 0 aromatic heterocycles. The van der Waals surface area contributed by atoms with Crippen molar-refractivity contribution in [2.45, 2.75) is 30.7 Å². The second-order valence-electron chi connectivity index (χ2n) is 4.68. The van der Waals surface area contributed by atoms with Gasteiger partial charge in [-0.2, -0.15) is 0 Å². The van der Waals surface area contributed by atoms with Gasteiger partial charge in [-0.05, 0) is 24.5 Å². The maximum atomic E-state index is 12.1. The van der Waals surface area contributed by atoms with Crippen molar-refractivity contribution in [2.24, 2.45) is 5.92 Å². The van der Waals surface area contributed by atoms with Crippen LogP contribution >= 0.6 is 33.9 Å². The first-order valence-electron chi connectivity index (χ1n) is 5.98. The molecule has 2 atom stereocenters. The molecule has 1 amide bonds. The highest BCUT2D eigenvalue weighted by Crippen LogP contribution is 2.35. The zero-order chi connectivity index (χ0) is 15.1. The van der Waals surface area contributed by atoms with Crippen molar-refractivity contribution < 1.29 is 13.2 Å². The third kappa shape index (κ3) is 3.39. The van der Waals surface area contributed by atoms with Crippen LogP contribution in [0.5, 0.6) is 0 Å². The van der Waals surface area contributed by atoms with Gasteiger partial charge < -0.3 is 5.32 Å². The number of benzene rings is 1. The monoisotopic (exact) mass is 355 g/mol. The van der Waals surface area contributed by atoms with Crippen LogP contribution in [0, 0.1) is 5.92 Å². The Balaban J connectivity index is 2.30. The van der Waals surface area contributed by atoms with Crippen molar-refractivity contribution in [3.05, 3.63) is 27.7 Å². The summed E-state index contributed by atoms with van der Waals surface area (Å²) in [5.41, 5.74) is 0.0528. The lowest BCUT2D eigenvalue weighted by atomic mass is 10.2. The molecule has 0 bridgehead atoms. The Bertz CT molecular complexity index is 660. The summed E-state index contributed by atoms with van der Waals surface area (Å²) in [5.74, 6) is 0.0513. The van der Waals surface area contributed by atoms with Crippen molar-refractivity contribution in [2.75, 3.05) is 0 Å². The first kappa shape index (κ1) is 15.9. The van der Waals surface area contributed by atoms with E-state index in [1.165, 1.54) is 6.07 Å². The number of carbonyl (C=O) groups excluding carboxylic acids is 1. The van der Waals surface area contributed by atoms with E-state index in [0.717, 1.165) is 18.9 Å². The molecule has 0 saturated heterocycles. The molecule has 0 heterocycles. The van der Waals surface area contributed by atoms with E-state index in [4.69, 9.17) is 33.9 Å². The second-order valence-corrected chi connectivity index (χ2v) is 8.03. The molecule has 0 aliphatic heterocycles. The summed E-state index contributed by atoms with van der Waals surface area (Å²) in [4.78, 5) is 11.8. The topological polar surface area (TPSA) is 63.2 Å². The highest BCUT2D eigenvalue weighted by molar-refractivity contribution is 8.13. The van der Waals surface area contributed by atoms with E-state index in [-0.39, 0.29) is 26.5 Å². The molecular formula is C12H12Cl3NO3S. The van der Waals surface area contributed by atoms with Gasteiger partial charge in [0.1, 0.15) is 4.90 Å². The largest absolute Gasteiger partial charge is 0.349 e. The van der Waals surface area contributed by atoms with Crippen molar-refractivity contribution in [3.63, 3.8) is 0 Å². The molecular weight excluding hydrogens is 345 g/mol. The van der Waals surface area contributed by atoms with Crippen LogP contribution in [0.2, 0.25) is 10.0 Å². The molecule has 1 N–H and O–H groups in total. The Morgan fingerprint density at radius 1 is 1.35 bits per heavy atom. The van der Waals surface area contributed by atoms with E-state index in [2.05, 4.69) is 5.32 Å². The smallest absolute Gasteiger partial charge is 0.262 e. The van der Waals surface area contributed by atoms with Crippen molar-refractivity contribution in [3.8, 4) is 0 Å². The number of carbonyl (C=O) groups is 1. The normalized spacial score (nSPS) is 21.6. The minimum atomic E-state index is -4.03. The summed E-state index contributed by atoms with van der Waals surface area (Å²) in [6.07, 6.45) is 1.91. The number of hydrogen-bond donors (Lipinski definition) is 1. The van der Waals surface area contributed by atoms with Gasteiger partial charge in [0.2, 0.25) is 0 Å². The van der Waals surface area contributed by atoms with Gasteiger partial charge in [0.05, 0.1) is 15.6 Å². The molecule has 1 aromatic carbocycles. The second kappa shape index (κ2) is 5.72. The van der Waals surface area contributed by atoms with E-state index in [0.29, 0.717) is 5.92 Å².